The Kier molecular flexibility index (Phi) is 6.47. The van der Waals surface area contributed by atoms with Gasteiger partial charge in [0.25, 0.3) is 11.8 Å². The molecule has 33 heavy (non-hydrogen) atoms. The summed E-state index contributed by atoms with van der Waals surface area (Å²) in [7, 11) is 0. The first-order chi connectivity index (χ1) is 15.8. The van der Waals surface area contributed by atoms with Crippen LogP contribution in [0.2, 0.25) is 0 Å². The molecule has 0 N–H and O–H groups in total. The Bertz CT molecular complexity index is 1090. The summed E-state index contributed by atoms with van der Waals surface area (Å²) in [6, 6.07) is 9.77. The highest BCUT2D eigenvalue weighted by molar-refractivity contribution is 6.45. The minimum atomic E-state index is -0.964. The highest BCUT2D eigenvalue weighted by Crippen LogP contribution is 2.36. The van der Waals surface area contributed by atoms with Crippen LogP contribution in [0.3, 0.4) is 0 Å². The largest absolute Gasteiger partial charge is 0.491 e. The van der Waals surface area contributed by atoms with E-state index in [0.29, 0.717) is 30.5 Å². The molecule has 2 aliphatic heterocycles. The summed E-state index contributed by atoms with van der Waals surface area (Å²) < 4.78 is 33.7. The molecule has 0 spiro atoms. The number of piperazine rings is 1. The second-order valence-electron chi connectivity index (χ2n) is 8.38. The minimum Gasteiger partial charge on any atom is -0.491 e. The standard InChI is InChI=1S/C25H27F2N3O3/c1-4-28-11-13-29(14-12-28)23-22(17-5-8-19(9-6-17)33-16(2)3)24(31)30(25(23)32)21-10-7-18(26)15-20(21)27/h5-10,15-16H,4,11-14H2,1-3H3. The number of hydrogen-bond acceptors (Lipinski definition) is 5. The van der Waals surface area contributed by atoms with Gasteiger partial charge in [-0.2, -0.15) is 0 Å². The highest BCUT2D eigenvalue weighted by Gasteiger charge is 2.44. The SMILES string of the molecule is CCN1CCN(C2=C(c3ccc(OC(C)C)cc3)C(=O)N(c3ccc(F)cc3F)C2=O)CC1. The van der Waals surface area contributed by atoms with Gasteiger partial charge in [0.2, 0.25) is 0 Å². The lowest BCUT2D eigenvalue weighted by molar-refractivity contribution is -0.120. The lowest BCUT2D eigenvalue weighted by atomic mass is 10.0. The Morgan fingerprint density at radius 1 is 0.939 bits per heavy atom. The molecule has 0 bridgehead atoms. The average Bonchev–Trinajstić information content (AvgIpc) is 3.04. The molecule has 1 fully saturated rings. The van der Waals surface area contributed by atoms with Crippen LogP contribution in [0.1, 0.15) is 26.3 Å². The Hall–Kier alpha value is -3.26. The quantitative estimate of drug-likeness (QED) is 0.622. The predicted octanol–water partition coefficient (Wildman–Crippen LogP) is 3.67. The van der Waals surface area contributed by atoms with E-state index in [4.69, 9.17) is 4.74 Å². The molecule has 6 nitrogen and oxygen atoms in total. The summed E-state index contributed by atoms with van der Waals surface area (Å²) in [6.45, 7) is 9.44. The van der Waals surface area contributed by atoms with Crippen molar-refractivity contribution in [3.8, 4) is 5.75 Å². The zero-order chi connectivity index (χ0) is 23.7. The van der Waals surface area contributed by atoms with Gasteiger partial charge in [0.1, 0.15) is 23.1 Å². The van der Waals surface area contributed by atoms with E-state index in [-0.39, 0.29) is 23.1 Å². The zero-order valence-corrected chi connectivity index (χ0v) is 19.0. The monoisotopic (exact) mass is 455 g/mol. The predicted molar refractivity (Wildman–Crippen MR) is 122 cm³/mol. The van der Waals surface area contributed by atoms with Crippen molar-refractivity contribution < 1.29 is 23.1 Å². The Morgan fingerprint density at radius 3 is 2.18 bits per heavy atom. The van der Waals surface area contributed by atoms with Crippen LogP contribution in [0, 0.1) is 11.6 Å². The van der Waals surface area contributed by atoms with Gasteiger partial charge in [-0.1, -0.05) is 19.1 Å². The van der Waals surface area contributed by atoms with Crippen LogP contribution in [0.25, 0.3) is 5.57 Å². The molecule has 2 amide bonds. The van der Waals surface area contributed by atoms with Crippen LogP contribution in [0.5, 0.6) is 5.75 Å². The Morgan fingerprint density at radius 2 is 1.61 bits per heavy atom. The highest BCUT2D eigenvalue weighted by atomic mass is 19.1. The second-order valence-corrected chi connectivity index (χ2v) is 8.38. The molecule has 2 aromatic rings. The number of imide groups is 1. The van der Waals surface area contributed by atoms with Crippen molar-refractivity contribution in [3.63, 3.8) is 0 Å². The van der Waals surface area contributed by atoms with E-state index in [2.05, 4.69) is 11.8 Å². The summed E-state index contributed by atoms with van der Waals surface area (Å²) in [5, 5.41) is 0. The van der Waals surface area contributed by atoms with E-state index >= 15 is 0 Å². The number of rotatable bonds is 6. The molecule has 0 aromatic heterocycles. The topological polar surface area (TPSA) is 53.1 Å². The molecule has 2 aromatic carbocycles. The summed E-state index contributed by atoms with van der Waals surface area (Å²) >= 11 is 0. The van der Waals surface area contributed by atoms with Gasteiger partial charge in [-0.25, -0.2) is 13.7 Å². The number of anilines is 1. The normalized spacial score (nSPS) is 17.5. The molecule has 0 radical (unpaired) electrons. The molecule has 0 unspecified atom stereocenters. The van der Waals surface area contributed by atoms with Crippen molar-refractivity contribution in [1.82, 2.24) is 9.80 Å². The van der Waals surface area contributed by atoms with Crippen LogP contribution in [0.4, 0.5) is 14.5 Å². The number of likely N-dealkylation sites (N-methyl/N-ethyl adjacent to an activating group) is 1. The summed E-state index contributed by atoms with van der Waals surface area (Å²) in [6.07, 6.45) is -0.00730. The van der Waals surface area contributed by atoms with E-state index in [9.17, 15) is 18.4 Å². The number of amides is 2. The Balaban J connectivity index is 1.76. The van der Waals surface area contributed by atoms with Crippen molar-refractivity contribution in [2.24, 2.45) is 0 Å². The van der Waals surface area contributed by atoms with Gasteiger partial charge in [-0.3, -0.25) is 9.59 Å². The van der Waals surface area contributed by atoms with Crippen molar-refractivity contribution in [2.45, 2.75) is 26.9 Å². The number of halogens is 2. The van der Waals surface area contributed by atoms with Gasteiger partial charge in [0.15, 0.2) is 0 Å². The smallest absolute Gasteiger partial charge is 0.282 e. The van der Waals surface area contributed by atoms with Gasteiger partial charge < -0.3 is 14.5 Å². The first-order valence-electron chi connectivity index (χ1n) is 11.1. The average molecular weight is 456 g/mol. The van der Waals surface area contributed by atoms with E-state index in [1.807, 2.05) is 18.7 Å². The number of ether oxygens (including phenoxy) is 1. The van der Waals surface area contributed by atoms with Gasteiger partial charge in [-0.05, 0) is 50.2 Å². The van der Waals surface area contributed by atoms with Gasteiger partial charge in [-0.15, -0.1) is 0 Å². The molecular weight excluding hydrogens is 428 g/mol. The Labute approximate surface area is 192 Å². The van der Waals surface area contributed by atoms with Crippen LogP contribution in [0.15, 0.2) is 48.2 Å². The second kappa shape index (κ2) is 9.31. The van der Waals surface area contributed by atoms with Crippen LogP contribution >= 0.6 is 0 Å². The molecule has 2 aliphatic rings. The lowest BCUT2D eigenvalue weighted by Crippen LogP contribution is -2.47. The fourth-order valence-corrected chi connectivity index (χ4v) is 4.21. The molecule has 2 heterocycles. The zero-order valence-electron chi connectivity index (χ0n) is 19.0. The summed E-state index contributed by atoms with van der Waals surface area (Å²) in [5.74, 6) is -2.33. The van der Waals surface area contributed by atoms with Crippen LogP contribution < -0.4 is 9.64 Å². The summed E-state index contributed by atoms with van der Waals surface area (Å²) in [5.41, 5.74) is 0.745. The number of benzene rings is 2. The maximum atomic E-state index is 14.6. The van der Waals surface area contributed by atoms with E-state index in [1.54, 1.807) is 24.3 Å². The van der Waals surface area contributed by atoms with Crippen molar-refractivity contribution >= 4 is 23.1 Å². The fraction of sp³-hybridized carbons (Fsp3) is 0.360. The molecule has 0 atom stereocenters. The number of carbonyl (C=O) groups excluding carboxylic acids is 2. The molecule has 1 saturated heterocycles. The molecule has 0 saturated carbocycles. The maximum absolute atomic E-state index is 14.6. The molecule has 4 rings (SSSR count). The third-order valence-electron chi connectivity index (χ3n) is 5.86. The number of nitrogens with zero attached hydrogens (tertiary/aromatic N) is 3. The molecule has 174 valence electrons. The van der Waals surface area contributed by atoms with Gasteiger partial charge in [0.05, 0.1) is 17.4 Å². The lowest BCUT2D eigenvalue weighted by Gasteiger charge is -2.36. The molecule has 8 heteroatoms. The third kappa shape index (κ3) is 4.48. The van der Waals surface area contributed by atoms with Crippen LogP contribution in [-0.2, 0) is 9.59 Å². The molecular formula is C25H27F2N3O3. The molecule has 0 aliphatic carbocycles. The summed E-state index contributed by atoms with van der Waals surface area (Å²) in [4.78, 5) is 32.0. The van der Waals surface area contributed by atoms with E-state index in [1.165, 1.54) is 0 Å². The van der Waals surface area contributed by atoms with Gasteiger partial charge >= 0.3 is 0 Å². The third-order valence-corrected chi connectivity index (χ3v) is 5.86. The van der Waals surface area contributed by atoms with E-state index in [0.717, 1.165) is 36.7 Å². The number of hydrogen-bond donors (Lipinski definition) is 0. The van der Waals surface area contributed by atoms with Crippen molar-refractivity contribution in [2.75, 3.05) is 37.6 Å². The first kappa shape index (κ1) is 22.9. The van der Waals surface area contributed by atoms with Crippen molar-refractivity contribution in [1.29, 1.82) is 0 Å². The van der Waals surface area contributed by atoms with Crippen molar-refractivity contribution in [3.05, 3.63) is 65.4 Å². The van der Waals surface area contributed by atoms with Gasteiger partial charge in [0, 0.05) is 32.2 Å². The number of carbonyl (C=O) groups is 2. The fourth-order valence-electron chi connectivity index (χ4n) is 4.21. The maximum Gasteiger partial charge on any atom is 0.282 e. The van der Waals surface area contributed by atoms with E-state index < -0.39 is 23.4 Å². The van der Waals surface area contributed by atoms with Crippen LogP contribution in [-0.4, -0.2) is 60.4 Å². The first-order valence-corrected chi connectivity index (χ1v) is 11.1. The minimum absolute atomic E-state index is 0.00730.